The second-order valence-corrected chi connectivity index (χ2v) is 15.5. The van der Waals surface area contributed by atoms with Crippen LogP contribution in [0.25, 0.3) is 17.2 Å². The Kier molecular flexibility index (Phi) is 5.31. The number of allylic oxidation sites excluding steroid dienone is 4. The first-order valence-electron chi connectivity index (χ1n) is 12.4. The van der Waals surface area contributed by atoms with E-state index < -0.39 is 8.07 Å². The van der Waals surface area contributed by atoms with Crippen LogP contribution in [0.1, 0.15) is 28.7 Å². The van der Waals surface area contributed by atoms with E-state index in [4.69, 9.17) is 0 Å². The maximum atomic E-state index is 3.83. The maximum Gasteiger partial charge on any atom is 0.0784 e. The topological polar surface area (TPSA) is 0 Å². The van der Waals surface area contributed by atoms with Crippen molar-refractivity contribution in [2.24, 2.45) is 0 Å². The van der Waals surface area contributed by atoms with E-state index >= 15 is 0 Å². The first kappa shape index (κ1) is 21.8. The van der Waals surface area contributed by atoms with E-state index in [0.717, 1.165) is 6.42 Å². The Balaban J connectivity index is 1.92. The second-order valence-electron chi connectivity index (χ2n) is 10.4. The zero-order valence-electron chi connectivity index (χ0n) is 20.6. The van der Waals surface area contributed by atoms with Gasteiger partial charge in [0.05, 0.1) is 8.07 Å². The largest absolute Gasteiger partial charge is 0.0801 e. The molecule has 1 radical (unpaired) electrons. The molecule has 0 amide bonds. The van der Waals surface area contributed by atoms with Crippen molar-refractivity contribution in [1.82, 2.24) is 0 Å². The Hall–Kier alpha value is -3.68. The minimum atomic E-state index is -1.75. The third-order valence-corrected chi connectivity index (χ3v) is 9.09. The summed E-state index contributed by atoms with van der Waals surface area (Å²) in [5, 5.41) is 6.76. The highest BCUT2D eigenvalue weighted by Crippen LogP contribution is 2.29. The van der Waals surface area contributed by atoms with E-state index in [0.29, 0.717) is 0 Å². The predicted octanol–water partition coefficient (Wildman–Crippen LogP) is 6.13. The third kappa shape index (κ3) is 3.77. The van der Waals surface area contributed by atoms with Gasteiger partial charge >= 0.3 is 0 Å². The van der Waals surface area contributed by atoms with Crippen molar-refractivity contribution in [2.45, 2.75) is 26.1 Å². The lowest BCUT2D eigenvalue weighted by molar-refractivity contribution is 1.36. The monoisotopic (exact) mass is 465 g/mol. The highest BCUT2D eigenvalue weighted by molar-refractivity contribution is 6.88. The molecular formula is C34H29Si. The molecule has 169 valence electrons. The van der Waals surface area contributed by atoms with E-state index in [1.807, 2.05) is 0 Å². The Morgan fingerprint density at radius 3 is 1.97 bits per heavy atom. The van der Waals surface area contributed by atoms with Gasteiger partial charge in [-0.1, -0.05) is 134 Å². The van der Waals surface area contributed by atoms with Gasteiger partial charge in [0.15, 0.2) is 0 Å². The molecule has 4 aromatic rings. The van der Waals surface area contributed by atoms with Crippen molar-refractivity contribution in [3.63, 3.8) is 0 Å². The summed E-state index contributed by atoms with van der Waals surface area (Å²) < 4.78 is 0. The zero-order chi connectivity index (χ0) is 24.0. The number of benzene rings is 4. The van der Waals surface area contributed by atoms with Gasteiger partial charge in [0.1, 0.15) is 0 Å². The van der Waals surface area contributed by atoms with Crippen LogP contribution in [-0.4, -0.2) is 8.07 Å². The maximum absolute atomic E-state index is 3.83. The standard InChI is InChI=1S/C34H29Si/c1-35(2,3)31-23-29-28-21-13-12-20-27(28)22-30(29)33(26-18-10-11-19-26)34(31)32(24-14-6-4-7-15-24)25-16-8-5-9-17-25/h4-18,20-21,23H,19H2,1-3H3. The second kappa shape index (κ2) is 8.52. The minimum Gasteiger partial charge on any atom is -0.0801 e. The summed E-state index contributed by atoms with van der Waals surface area (Å²) in [5.41, 5.74) is 7.86. The highest BCUT2D eigenvalue weighted by atomic mass is 28.3. The summed E-state index contributed by atoms with van der Waals surface area (Å²) in [4.78, 5) is 0. The molecule has 0 spiro atoms. The van der Waals surface area contributed by atoms with Gasteiger partial charge in [0, 0.05) is 0 Å². The molecule has 0 fully saturated rings. The van der Waals surface area contributed by atoms with Gasteiger partial charge in [0.2, 0.25) is 0 Å². The SMILES string of the molecule is C[Si](C)(C)c1cc2c(c(C3=CC=CC3)c1=C(c1ccccc1)c1ccccc1)[C]=c1ccccc1=2. The van der Waals surface area contributed by atoms with Crippen LogP contribution in [0.3, 0.4) is 0 Å². The molecule has 0 unspecified atom stereocenters. The van der Waals surface area contributed by atoms with Crippen molar-refractivity contribution >= 4 is 30.5 Å². The summed E-state index contributed by atoms with van der Waals surface area (Å²) in [6, 6.07) is 33.1. The van der Waals surface area contributed by atoms with Crippen LogP contribution in [0.2, 0.25) is 19.6 Å². The van der Waals surface area contributed by atoms with Gasteiger partial charge in [-0.15, -0.1) is 0 Å². The highest BCUT2D eigenvalue weighted by Gasteiger charge is 2.26. The van der Waals surface area contributed by atoms with Crippen molar-refractivity contribution in [1.29, 1.82) is 0 Å². The van der Waals surface area contributed by atoms with Crippen molar-refractivity contribution < 1.29 is 0 Å². The zero-order valence-corrected chi connectivity index (χ0v) is 21.6. The molecule has 0 aliphatic heterocycles. The third-order valence-electron chi connectivity index (χ3n) is 7.08. The lowest BCUT2D eigenvalue weighted by Gasteiger charge is -2.24. The molecule has 0 N–H and O–H groups in total. The van der Waals surface area contributed by atoms with E-state index in [1.54, 1.807) is 0 Å². The molecule has 2 aliphatic rings. The van der Waals surface area contributed by atoms with E-state index in [1.165, 1.54) is 59.5 Å². The Bertz CT molecular complexity index is 1670. The molecular weight excluding hydrogens is 436 g/mol. The van der Waals surface area contributed by atoms with Crippen LogP contribution in [0.15, 0.2) is 109 Å². The number of fused-ring (bicyclic) bond motifs is 2. The van der Waals surface area contributed by atoms with Gasteiger partial charge in [-0.2, -0.15) is 0 Å². The molecule has 0 saturated heterocycles. The van der Waals surface area contributed by atoms with Gasteiger partial charge in [-0.25, -0.2) is 0 Å². The van der Waals surface area contributed by atoms with Crippen LogP contribution in [0, 0.1) is 10.4 Å². The molecule has 2 aliphatic carbocycles. The minimum absolute atomic E-state index is 0.962. The quantitative estimate of drug-likeness (QED) is 0.280. The van der Waals surface area contributed by atoms with Gasteiger partial charge in [-0.3, -0.25) is 0 Å². The molecule has 0 nitrogen and oxygen atoms in total. The molecule has 0 bridgehead atoms. The van der Waals surface area contributed by atoms with Crippen LogP contribution in [0.4, 0.5) is 0 Å². The molecule has 0 heterocycles. The molecule has 0 saturated carbocycles. The van der Waals surface area contributed by atoms with Crippen molar-refractivity contribution in [3.8, 4) is 0 Å². The Labute approximate surface area is 208 Å². The van der Waals surface area contributed by atoms with E-state index in [-0.39, 0.29) is 0 Å². The molecule has 0 aromatic heterocycles. The fraction of sp³-hybridized carbons (Fsp3) is 0.118. The molecule has 1 heteroatoms. The van der Waals surface area contributed by atoms with E-state index in [2.05, 4.69) is 135 Å². The predicted molar refractivity (Wildman–Crippen MR) is 152 cm³/mol. The summed E-state index contributed by atoms with van der Waals surface area (Å²) in [5.74, 6) is 0. The average molecular weight is 466 g/mol. The van der Waals surface area contributed by atoms with Crippen molar-refractivity contribution in [2.75, 3.05) is 0 Å². The molecule has 35 heavy (non-hydrogen) atoms. The van der Waals surface area contributed by atoms with Crippen LogP contribution in [0.5, 0.6) is 0 Å². The molecule has 0 atom stereocenters. The number of hydrogen-bond donors (Lipinski definition) is 0. The fourth-order valence-corrected chi connectivity index (χ4v) is 7.03. The number of rotatable bonds is 4. The number of hydrogen-bond acceptors (Lipinski definition) is 0. The lowest BCUT2D eigenvalue weighted by Crippen LogP contribution is -2.50. The fourth-order valence-electron chi connectivity index (χ4n) is 5.46. The van der Waals surface area contributed by atoms with Crippen molar-refractivity contribution in [3.05, 3.63) is 152 Å². The Morgan fingerprint density at radius 2 is 1.37 bits per heavy atom. The Morgan fingerprint density at radius 1 is 0.743 bits per heavy atom. The van der Waals surface area contributed by atoms with Gasteiger partial charge < -0.3 is 0 Å². The summed E-state index contributed by atoms with van der Waals surface area (Å²) in [7, 11) is -1.75. The summed E-state index contributed by atoms with van der Waals surface area (Å²) >= 11 is 0. The first-order chi connectivity index (χ1) is 17.0. The molecule has 4 aromatic carbocycles. The van der Waals surface area contributed by atoms with Crippen LogP contribution in [-0.2, 0) is 0 Å². The lowest BCUT2D eigenvalue weighted by atomic mass is 9.88. The summed E-state index contributed by atoms with van der Waals surface area (Å²) in [6.07, 6.45) is 11.6. The molecule has 6 rings (SSSR count). The van der Waals surface area contributed by atoms with Gasteiger partial charge in [0.25, 0.3) is 0 Å². The van der Waals surface area contributed by atoms with Crippen LogP contribution >= 0.6 is 0 Å². The summed E-state index contributed by atoms with van der Waals surface area (Å²) in [6.45, 7) is 7.43. The van der Waals surface area contributed by atoms with E-state index in [9.17, 15) is 0 Å². The van der Waals surface area contributed by atoms with Gasteiger partial charge in [-0.05, 0) is 66.8 Å². The smallest absolute Gasteiger partial charge is 0.0784 e. The first-order valence-corrected chi connectivity index (χ1v) is 15.9. The van der Waals surface area contributed by atoms with Crippen LogP contribution < -0.4 is 15.6 Å². The average Bonchev–Trinajstić information content (AvgIpc) is 3.53. The normalized spacial score (nSPS) is 13.7.